The van der Waals surface area contributed by atoms with E-state index in [4.69, 9.17) is 9.47 Å². The molecule has 2 atom stereocenters. The monoisotopic (exact) mass is 227 g/mol. The largest absolute Gasteiger partial charge is 0.374 e. The Morgan fingerprint density at radius 2 is 2.44 bits per heavy atom. The molecule has 0 aromatic carbocycles. The second-order valence-corrected chi connectivity index (χ2v) is 4.63. The Balaban J connectivity index is 1.75. The standard InChI is InChI=1S/C12H21NO3/c1-2-6-15-9-11(14)12-7-13-5-3-4-10(13)8-16-12/h10,12H,2-9H2,1H3. The summed E-state index contributed by atoms with van der Waals surface area (Å²) in [6.45, 7) is 5.50. The summed E-state index contributed by atoms with van der Waals surface area (Å²) in [6, 6.07) is 0.556. The molecule has 0 amide bonds. The topological polar surface area (TPSA) is 38.8 Å². The first-order valence-corrected chi connectivity index (χ1v) is 6.27. The molecule has 2 fully saturated rings. The van der Waals surface area contributed by atoms with Crippen LogP contribution in [0.25, 0.3) is 0 Å². The van der Waals surface area contributed by atoms with Crippen molar-refractivity contribution < 1.29 is 14.3 Å². The average molecular weight is 227 g/mol. The minimum atomic E-state index is -0.258. The maximum Gasteiger partial charge on any atom is 0.188 e. The third-order valence-electron chi connectivity index (χ3n) is 3.34. The summed E-state index contributed by atoms with van der Waals surface area (Å²) in [5.41, 5.74) is 0. The van der Waals surface area contributed by atoms with Gasteiger partial charge in [-0.1, -0.05) is 6.92 Å². The molecule has 2 unspecified atom stereocenters. The van der Waals surface area contributed by atoms with Gasteiger partial charge in [-0.15, -0.1) is 0 Å². The van der Waals surface area contributed by atoms with Gasteiger partial charge in [0.2, 0.25) is 0 Å². The summed E-state index contributed by atoms with van der Waals surface area (Å²) in [6.07, 6.45) is 3.15. The van der Waals surface area contributed by atoms with E-state index >= 15 is 0 Å². The van der Waals surface area contributed by atoms with Crippen molar-refractivity contribution in [2.75, 3.05) is 32.9 Å². The molecule has 92 valence electrons. The maximum atomic E-state index is 11.8. The maximum absolute atomic E-state index is 11.8. The normalized spacial score (nSPS) is 30.3. The summed E-state index contributed by atoms with van der Waals surface area (Å²) >= 11 is 0. The van der Waals surface area contributed by atoms with Crippen LogP contribution in [0.1, 0.15) is 26.2 Å². The Hall–Kier alpha value is -0.450. The number of hydrogen-bond acceptors (Lipinski definition) is 4. The predicted molar refractivity (Wildman–Crippen MR) is 60.5 cm³/mol. The Labute approximate surface area is 96.9 Å². The number of Topliss-reactive ketones (excluding diaryl/α,β-unsaturated/α-hetero) is 1. The summed E-state index contributed by atoms with van der Waals surface area (Å²) in [5, 5.41) is 0. The highest BCUT2D eigenvalue weighted by Gasteiger charge is 2.34. The molecule has 0 spiro atoms. The van der Waals surface area contributed by atoms with Crippen LogP contribution in [0.15, 0.2) is 0 Å². The molecule has 0 radical (unpaired) electrons. The highest BCUT2D eigenvalue weighted by molar-refractivity contribution is 5.84. The zero-order valence-corrected chi connectivity index (χ0v) is 9.98. The molecule has 0 aromatic rings. The molecule has 0 bridgehead atoms. The van der Waals surface area contributed by atoms with Gasteiger partial charge in [0, 0.05) is 19.2 Å². The lowest BCUT2D eigenvalue weighted by Crippen LogP contribution is -2.49. The summed E-state index contributed by atoms with van der Waals surface area (Å²) in [7, 11) is 0. The van der Waals surface area contributed by atoms with Crippen molar-refractivity contribution in [3.8, 4) is 0 Å². The third-order valence-corrected chi connectivity index (χ3v) is 3.34. The Morgan fingerprint density at radius 1 is 1.56 bits per heavy atom. The van der Waals surface area contributed by atoms with Crippen LogP contribution in [-0.4, -0.2) is 55.7 Å². The number of hydrogen-bond donors (Lipinski definition) is 0. The van der Waals surface area contributed by atoms with Crippen LogP contribution in [0, 0.1) is 0 Å². The van der Waals surface area contributed by atoms with Crippen LogP contribution in [0.4, 0.5) is 0 Å². The zero-order chi connectivity index (χ0) is 11.4. The van der Waals surface area contributed by atoms with Gasteiger partial charge in [0.25, 0.3) is 0 Å². The summed E-state index contributed by atoms with van der Waals surface area (Å²) in [5.74, 6) is 0.0961. The number of fused-ring (bicyclic) bond motifs is 1. The molecule has 16 heavy (non-hydrogen) atoms. The van der Waals surface area contributed by atoms with Crippen LogP contribution in [0.3, 0.4) is 0 Å². The Bertz CT molecular complexity index is 244. The van der Waals surface area contributed by atoms with E-state index in [0.29, 0.717) is 19.3 Å². The van der Waals surface area contributed by atoms with Crippen molar-refractivity contribution in [3.05, 3.63) is 0 Å². The first-order valence-electron chi connectivity index (χ1n) is 6.27. The first-order chi connectivity index (χ1) is 7.81. The van der Waals surface area contributed by atoms with Crippen molar-refractivity contribution in [2.24, 2.45) is 0 Å². The van der Waals surface area contributed by atoms with Crippen molar-refractivity contribution in [1.82, 2.24) is 4.90 Å². The van der Waals surface area contributed by atoms with E-state index in [1.54, 1.807) is 0 Å². The average Bonchev–Trinajstić information content (AvgIpc) is 2.76. The number of morpholine rings is 1. The lowest BCUT2D eigenvalue weighted by atomic mass is 10.1. The van der Waals surface area contributed by atoms with Gasteiger partial charge >= 0.3 is 0 Å². The fraction of sp³-hybridized carbons (Fsp3) is 0.917. The molecule has 4 heteroatoms. The number of ether oxygens (including phenoxy) is 2. The Kier molecular flexibility index (Phi) is 4.32. The van der Waals surface area contributed by atoms with E-state index in [9.17, 15) is 4.79 Å². The number of nitrogens with zero attached hydrogens (tertiary/aromatic N) is 1. The SMILES string of the molecule is CCCOCC(=O)C1CN2CCCC2CO1. The van der Waals surface area contributed by atoms with Gasteiger partial charge in [0.15, 0.2) is 5.78 Å². The predicted octanol–water partition coefficient (Wildman–Crippen LogP) is 0.845. The summed E-state index contributed by atoms with van der Waals surface area (Å²) in [4.78, 5) is 14.2. The highest BCUT2D eigenvalue weighted by Crippen LogP contribution is 2.22. The van der Waals surface area contributed by atoms with Crippen LogP contribution in [-0.2, 0) is 14.3 Å². The molecular weight excluding hydrogens is 206 g/mol. The van der Waals surface area contributed by atoms with Gasteiger partial charge in [0.05, 0.1) is 6.61 Å². The minimum absolute atomic E-state index is 0.0961. The molecule has 2 saturated heterocycles. The van der Waals surface area contributed by atoms with E-state index in [1.807, 2.05) is 6.92 Å². The number of rotatable bonds is 5. The second kappa shape index (κ2) is 5.75. The van der Waals surface area contributed by atoms with E-state index in [-0.39, 0.29) is 18.5 Å². The van der Waals surface area contributed by atoms with Crippen LogP contribution in [0.5, 0.6) is 0 Å². The lowest BCUT2D eigenvalue weighted by molar-refractivity contribution is -0.142. The second-order valence-electron chi connectivity index (χ2n) is 4.63. The fourth-order valence-electron chi connectivity index (χ4n) is 2.42. The molecular formula is C12H21NO3. The molecule has 0 N–H and O–H groups in total. The minimum Gasteiger partial charge on any atom is -0.374 e. The van der Waals surface area contributed by atoms with Gasteiger partial charge in [-0.25, -0.2) is 0 Å². The van der Waals surface area contributed by atoms with Crippen LogP contribution >= 0.6 is 0 Å². The van der Waals surface area contributed by atoms with Gasteiger partial charge < -0.3 is 9.47 Å². The van der Waals surface area contributed by atoms with E-state index < -0.39 is 0 Å². The molecule has 0 saturated carbocycles. The summed E-state index contributed by atoms with van der Waals surface area (Å²) < 4.78 is 10.9. The van der Waals surface area contributed by atoms with E-state index in [2.05, 4.69) is 4.90 Å². The van der Waals surface area contributed by atoms with Gasteiger partial charge in [0.1, 0.15) is 12.7 Å². The lowest BCUT2D eigenvalue weighted by Gasteiger charge is -2.34. The first kappa shape index (κ1) is 12.0. The van der Waals surface area contributed by atoms with Gasteiger partial charge in [-0.3, -0.25) is 9.69 Å². The number of carbonyl (C=O) groups is 1. The van der Waals surface area contributed by atoms with Gasteiger partial charge in [-0.05, 0) is 25.8 Å². The molecule has 0 aliphatic carbocycles. The number of ketones is 1. The Morgan fingerprint density at radius 3 is 3.25 bits per heavy atom. The molecule has 2 rings (SSSR count). The van der Waals surface area contributed by atoms with Crippen LogP contribution < -0.4 is 0 Å². The fourth-order valence-corrected chi connectivity index (χ4v) is 2.42. The molecule has 4 nitrogen and oxygen atoms in total. The third kappa shape index (κ3) is 2.81. The van der Waals surface area contributed by atoms with Crippen LogP contribution in [0.2, 0.25) is 0 Å². The van der Waals surface area contributed by atoms with Gasteiger partial charge in [-0.2, -0.15) is 0 Å². The molecule has 2 aliphatic heterocycles. The molecule has 0 aromatic heterocycles. The quantitative estimate of drug-likeness (QED) is 0.653. The van der Waals surface area contributed by atoms with Crippen molar-refractivity contribution in [2.45, 2.75) is 38.3 Å². The van der Waals surface area contributed by atoms with Crippen molar-refractivity contribution >= 4 is 5.78 Å². The highest BCUT2D eigenvalue weighted by atomic mass is 16.5. The smallest absolute Gasteiger partial charge is 0.188 e. The van der Waals surface area contributed by atoms with Crippen molar-refractivity contribution in [3.63, 3.8) is 0 Å². The molecule has 2 aliphatic rings. The van der Waals surface area contributed by atoms with E-state index in [1.165, 1.54) is 12.8 Å². The van der Waals surface area contributed by atoms with E-state index in [0.717, 1.165) is 19.5 Å². The van der Waals surface area contributed by atoms with Crippen molar-refractivity contribution in [1.29, 1.82) is 0 Å². The number of carbonyl (C=O) groups excluding carboxylic acids is 1. The molecule has 2 heterocycles. The zero-order valence-electron chi connectivity index (χ0n) is 9.98.